The Labute approximate surface area is 433 Å². The number of hydrogen-bond donors (Lipinski definition) is 0. The summed E-state index contributed by atoms with van der Waals surface area (Å²) in [6.45, 7) is 7.46. The number of rotatable bonds is 46. The van der Waals surface area contributed by atoms with Crippen molar-refractivity contribution in [2.45, 2.75) is 200 Å². The second-order valence-corrected chi connectivity index (χ2v) is 19.5. The first-order chi connectivity index (χ1) is 34.8. The van der Waals surface area contributed by atoms with Crippen molar-refractivity contribution in [1.82, 2.24) is 19.6 Å². The van der Waals surface area contributed by atoms with E-state index in [2.05, 4.69) is 27.7 Å². The Morgan fingerprint density at radius 1 is 0.403 bits per heavy atom. The summed E-state index contributed by atoms with van der Waals surface area (Å²) in [6, 6.07) is -0.762. The molecule has 18 heteroatoms. The minimum Gasteiger partial charge on any atom is -0.465 e. The highest BCUT2D eigenvalue weighted by molar-refractivity contribution is 5.79. The highest BCUT2D eigenvalue weighted by atomic mass is 16.6. The van der Waals surface area contributed by atoms with Gasteiger partial charge in [0.15, 0.2) is 0 Å². The highest BCUT2D eigenvalue weighted by Crippen LogP contribution is 2.23. The fourth-order valence-electron chi connectivity index (χ4n) is 8.08. The number of amides is 1. The molecule has 0 bridgehead atoms. The van der Waals surface area contributed by atoms with Gasteiger partial charge in [0, 0.05) is 13.0 Å². The average Bonchev–Trinajstić information content (AvgIpc) is 3.74. The fraction of sp³-hybridized carbons (Fsp3) is 0.870. The van der Waals surface area contributed by atoms with Crippen molar-refractivity contribution in [1.29, 1.82) is 0 Å². The van der Waals surface area contributed by atoms with E-state index >= 15 is 0 Å². The van der Waals surface area contributed by atoms with Crippen LogP contribution in [0.5, 0.6) is 0 Å². The van der Waals surface area contributed by atoms with E-state index in [9.17, 15) is 33.6 Å². The van der Waals surface area contributed by atoms with E-state index in [1.165, 1.54) is 14.7 Å². The van der Waals surface area contributed by atoms with E-state index in [0.717, 1.165) is 128 Å². The molecule has 1 amide bonds. The topological polar surface area (TPSA) is 197 Å². The first-order valence-corrected chi connectivity index (χ1v) is 27.8. The number of ether oxygens (including phenoxy) is 7. The molecule has 0 N–H and O–H groups in total. The van der Waals surface area contributed by atoms with Crippen LogP contribution in [0.15, 0.2) is 0 Å². The number of likely N-dealkylation sites (N-methyl/N-ethyl adjacent to an activating group) is 1. The van der Waals surface area contributed by atoms with Crippen molar-refractivity contribution in [2.75, 3.05) is 106 Å². The molecule has 0 radical (unpaired) electrons. The third kappa shape index (κ3) is 36.8. The van der Waals surface area contributed by atoms with Gasteiger partial charge in [0.2, 0.25) is 0 Å². The van der Waals surface area contributed by atoms with E-state index in [-0.39, 0.29) is 78.8 Å². The van der Waals surface area contributed by atoms with E-state index in [1.807, 2.05) is 19.0 Å². The van der Waals surface area contributed by atoms with Gasteiger partial charge in [-0.3, -0.25) is 43.5 Å². The number of esters is 6. The van der Waals surface area contributed by atoms with Crippen LogP contribution in [0.2, 0.25) is 0 Å². The summed E-state index contributed by atoms with van der Waals surface area (Å²) in [5.41, 5.74) is 0. The lowest BCUT2D eigenvalue weighted by atomic mass is 10.1. The van der Waals surface area contributed by atoms with Crippen LogP contribution in [0.3, 0.4) is 0 Å². The minimum atomic E-state index is -0.844. The zero-order valence-electron chi connectivity index (χ0n) is 45.7. The molecule has 0 aliphatic carbocycles. The first-order valence-electron chi connectivity index (χ1n) is 27.8. The molecule has 1 saturated heterocycles. The summed E-state index contributed by atoms with van der Waals surface area (Å²) in [7, 11) is 3.67. The molecule has 0 spiro atoms. The monoisotopic (exact) mass is 1030 g/mol. The quantitative estimate of drug-likeness (QED) is 0.0320. The number of likely N-dealkylation sites (tertiary alicyclic amines) is 1. The van der Waals surface area contributed by atoms with Gasteiger partial charge in [-0.05, 0) is 39.8 Å². The van der Waals surface area contributed by atoms with Gasteiger partial charge in [-0.15, -0.1) is 0 Å². The smallest absolute Gasteiger partial charge is 0.410 e. The number of hydrogen-bond acceptors (Lipinski definition) is 17. The van der Waals surface area contributed by atoms with Crippen LogP contribution in [0, 0.1) is 0 Å². The standard InChI is InChI=1S/C54H98N4O14/c1-7-11-15-19-23-27-32-66-48(59)39-56(40-49(60)67-33-28-24-20-16-12-8-2)43-52(63)71-45-46-37-47(38-58(46)54(65)70-36-31-55(5)6)72-53(64)44-57(41-50(61)68-34-29-25-21-17-13-9-3)42-51(62)69-35-30-26-22-18-14-10-4/h46-47H,7-45H2,1-6H3/t46-,47+/m0/s1. The SMILES string of the molecule is CCCCCCCCOC(=O)CN(CC(=O)OCCCCCCCC)CC(=O)OC[C@@H]1C[C@@H](OC(=O)CN(CC(=O)OCCCCCCCC)CC(=O)OCCCCCCCC)CN1C(=O)OCCN(C)C. The first kappa shape index (κ1) is 66.0. The van der Waals surface area contributed by atoms with Crippen molar-refractivity contribution < 1.29 is 66.7 Å². The van der Waals surface area contributed by atoms with Gasteiger partial charge in [-0.25, -0.2) is 4.79 Å². The molecule has 0 aromatic heterocycles. The molecule has 0 aromatic carbocycles. The Hall–Kier alpha value is -4.03. The normalized spacial score (nSPS) is 14.4. The van der Waals surface area contributed by atoms with Crippen molar-refractivity contribution in [3.63, 3.8) is 0 Å². The molecule has 1 fully saturated rings. The molecule has 72 heavy (non-hydrogen) atoms. The van der Waals surface area contributed by atoms with Gasteiger partial charge in [0.1, 0.15) is 19.3 Å². The number of nitrogens with zero attached hydrogens (tertiary/aromatic N) is 4. The summed E-state index contributed by atoms with van der Waals surface area (Å²) in [5.74, 6) is -3.83. The molecular formula is C54H98N4O14. The van der Waals surface area contributed by atoms with Gasteiger partial charge < -0.3 is 38.1 Å². The van der Waals surface area contributed by atoms with E-state index in [1.54, 1.807) is 0 Å². The Morgan fingerprint density at radius 2 is 0.722 bits per heavy atom. The van der Waals surface area contributed by atoms with Crippen LogP contribution in [0.25, 0.3) is 0 Å². The lowest BCUT2D eigenvalue weighted by Gasteiger charge is -2.24. The average molecular weight is 1030 g/mol. The molecule has 418 valence electrons. The van der Waals surface area contributed by atoms with Crippen molar-refractivity contribution in [2.24, 2.45) is 0 Å². The van der Waals surface area contributed by atoms with Crippen molar-refractivity contribution in [3.8, 4) is 0 Å². The third-order valence-corrected chi connectivity index (χ3v) is 12.3. The predicted molar refractivity (Wildman–Crippen MR) is 276 cm³/mol. The predicted octanol–water partition coefficient (Wildman–Crippen LogP) is 8.43. The maximum Gasteiger partial charge on any atom is 0.410 e. The van der Waals surface area contributed by atoms with Crippen LogP contribution < -0.4 is 0 Å². The van der Waals surface area contributed by atoms with Gasteiger partial charge >= 0.3 is 41.9 Å². The maximum atomic E-state index is 13.5. The van der Waals surface area contributed by atoms with E-state index in [4.69, 9.17) is 33.2 Å². The molecule has 0 unspecified atom stereocenters. The molecule has 18 nitrogen and oxygen atoms in total. The summed E-state index contributed by atoms with van der Waals surface area (Å²) >= 11 is 0. The minimum absolute atomic E-state index is 0.0731. The molecular weight excluding hydrogens is 929 g/mol. The van der Waals surface area contributed by atoms with Gasteiger partial charge in [-0.1, -0.05) is 156 Å². The van der Waals surface area contributed by atoms with Crippen molar-refractivity contribution in [3.05, 3.63) is 0 Å². The number of unbranched alkanes of at least 4 members (excludes halogenated alkanes) is 20. The summed E-state index contributed by atoms with van der Waals surface area (Å²) in [4.78, 5) is 97.9. The van der Waals surface area contributed by atoms with Crippen LogP contribution >= 0.6 is 0 Å². The largest absolute Gasteiger partial charge is 0.465 e. The van der Waals surface area contributed by atoms with Crippen LogP contribution in [-0.2, 0) is 61.9 Å². The van der Waals surface area contributed by atoms with Gasteiger partial charge in [-0.2, -0.15) is 0 Å². The van der Waals surface area contributed by atoms with Crippen LogP contribution in [0.1, 0.15) is 188 Å². The molecule has 1 aliphatic heterocycles. The van der Waals surface area contributed by atoms with Crippen LogP contribution in [-0.4, -0.2) is 180 Å². The lowest BCUT2D eigenvalue weighted by Crippen LogP contribution is -2.42. The zero-order valence-corrected chi connectivity index (χ0v) is 45.7. The second-order valence-electron chi connectivity index (χ2n) is 19.5. The molecule has 0 aromatic rings. The Kier molecular flexibility index (Phi) is 40.7. The van der Waals surface area contributed by atoms with Crippen LogP contribution in [0.4, 0.5) is 4.79 Å². The summed E-state index contributed by atoms with van der Waals surface area (Å²) in [5, 5.41) is 0. The van der Waals surface area contributed by atoms with Gasteiger partial charge in [0.05, 0.1) is 78.3 Å². The molecule has 2 atom stereocenters. The third-order valence-electron chi connectivity index (χ3n) is 12.3. The molecule has 0 saturated carbocycles. The number of carbonyl (C=O) groups excluding carboxylic acids is 7. The summed E-state index contributed by atoms with van der Waals surface area (Å²) < 4.78 is 38.9. The summed E-state index contributed by atoms with van der Waals surface area (Å²) in [6.07, 6.45) is 23.0. The Bertz CT molecular complexity index is 1400. The van der Waals surface area contributed by atoms with E-state index in [0.29, 0.717) is 32.2 Å². The zero-order chi connectivity index (χ0) is 53.0. The molecule has 1 heterocycles. The highest BCUT2D eigenvalue weighted by Gasteiger charge is 2.39. The lowest BCUT2D eigenvalue weighted by molar-refractivity contribution is -0.156. The second kappa shape index (κ2) is 44.5. The van der Waals surface area contributed by atoms with Crippen molar-refractivity contribution >= 4 is 41.9 Å². The Morgan fingerprint density at radius 3 is 1.07 bits per heavy atom. The number of carbonyl (C=O) groups is 7. The molecule has 1 aliphatic rings. The fourth-order valence-corrected chi connectivity index (χ4v) is 8.08. The van der Waals surface area contributed by atoms with Gasteiger partial charge in [0.25, 0.3) is 0 Å². The maximum absolute atomic E-state index is 13.5. The van der Waals surface area contributed by atoms with E-state index < -0.39 is 67.1 Å². The molecule has 1 rings (SSSR count). The Balaban J connectivity index is 3.03.